The molecule has 1 N–H and O–H groups in total. The van der Waals surface area contributed by atoms with Crippen LogP contribution in [-0.2, 0) is 6.42 Å². The number of hydrogen-bond donors (Lipinski definition) is 1. The van der Waals surface area contributed by atoms with Crippen LogP contribution in [0.15, 0.2) is 35.7 Å². The Kier molecular flexibility index (Phi) is 5.81. The Morgan fingerprint density at radius 3 is 2.91 bits per heavy atom. The van der Waals surface area contributed by atoms with E-state index in [9.17, 15) is 5.11 Å². The van der Waals surface area contributed by atoms with Crippen LogP contribution in [0, 0.1) is 6.92 Å². The summed E-state index contributed by atoms with van der Waals surface area (Å²) in [6, 6.07) is 10.6. The fraction of sp³-hybridized carbons (Fsp3) is 0.526. The summed E-state index contributed by atoms with van der Waals surface area (Å²) >= 11 is 1.74. The van der Waals surface area contributed by atoms with Gasteiger partial charge in [-0.25, -0.2) is 4.98 Å². The molecule has 1 saturated heterocycles. The van der Waals surface area contributed by atoms with Crippen LogP contribution in [0.25, 0.3) is 0 Å². The van der Waals surface area contributed by atoms with Gasteiger partial charge in [0.05, 0.1) is 16.8 Å². The molecular weight excluding hydrogens is 304 g/mol. The zero-order valence-corrected chi connectivity index (χ0v) is 14.6. The predicted molar refractivity (Wildman–Crippen MR) is 95.8 cm³/mol. The van der Waals surface area contributed by atoms with Gasteiger partial charge in [0.25, 0.3) is 0 Å². The zero-order chi connectivity index (χ0) is 16.1. The van der Waals surface area contributed by atoms with E-state index >= 15 is 0 Å². The van der Waals surface area contributed by atoms with Crippen molar-refractivity contribution in [3.05, 3.63) is 52.0 Å². The maximum atomic E-state index is 10.5. The van der Waals surface area contributed by atoms with Gasteiger partial charge in [0.15, 0.2) is 0 Å². The minimum absolute atomic E-state index is 0.344. The van der Waals surface area contributed by atoms with E-state index in [0.717, 1.165) is 36.4 Å². The first-order valence-corrected chi connectivity index (χ1v) is 9.48. The van der Waals surface area contributed by atoms with Crippen molar-refractivity contribution >= 4 is 11.3 Å². The van der Waals surface area contributed by atoms with E-state index in [-0.39, 0.29) is 6.10 Å². The Morgan fingerprint density at radius 2 is 2.17 bits per heavy atom. The number of thiazole rings is 1. The molecule has 2 atom stereocenters. The minimum atomic E-state index is -0.344. The molecule has 1 aromatic heterocycles. The zero-order valence-electron chi connectivity index (χ0n) is 13.8. The summed E-state index contributed by atoms with van der Waals surface area (Å²) in [6.45, 7) is 4.35. The summed E-state index contributed by atoms with van der Waals surface area (Å²) in [6.07, 6.45) is 5.18. The van der Waals surface area contributed by atoms with Gasteiger partial charge >= 0.3 is 0 Å². The van der Waals surface area contributed by atoms with E-state index in [1.165, 1.54) is 25.1 Å². The number of nitrogens with zero attached hydrogens (tertiary/aromatic N) is 2. The molecule has 0 radical (unpaired) electrons. The number of aliphatic hydroxyl groups is 1. The van der Waals surface area contributed by atoms with Crippen LogP contribution in [-0.4, -0.2) is 34.1 Å². The Morgan fingerprint density at radius 1 is 1.35 bits per heavy atom. The maximum Gasteiger partial charge on any atom is 0.0897 e. The van der Waals surface area contributed by atoms with Crippen LogP contribution in [0.5, 0.6) is 0 Å². The normalized spacial score (nSPS) is 20.0. The third-order valence-corrected chi connectivity index (χ3v) is 5.55. The van der Waals surface area contributed by atoms with E-state index in [1.807, 2.05) is 30.3 Å². The standard InChI is InChI=1S/C19H26N2OS/c1-15-20-17(14-23-15)9-5-11-21-12-6-10-18(21)13-19(22)16-7-3-2-4-8-16/h2-4,7-8,14,18-19,22H,5-6,9-13H2,1H3. The maximum absolute atomic E-state index is 10.5. The number of aryl methyl sites for hydroxylation is 2. The number of hydrogen-bond acceptors (Lipinski definition) is 4. The van der Waals surface area contributed by atoms with Gasteiger partial charge in [-0.2, -0.15) is 0 Å². The van der Waals surface area contributed by atoms with Crippen LogP contribution in [0.3, 0.4) is 0 Å². The highest BCUT2D eigenvalue weighted by Crippen LogP contribution is 2.27. The van der Waals surface area contributed by atoms with Crippen molar-refractivity contribution in [1.82, 2.24) is 9.88 Å². The lowest BCUT2D eigenvalue weighted by atomic mass is 10.0. The minimum Gasteiger partial charge on any atom is -0.388 e. The molecule has 1 aromatic carbocycles. The summed E-state index contributed by atoms with van der Waals surface area (Å²) in [5, 5.41) is 13.8. The smallest absolute Gasteiger partial charge is 0.0897 e. The molecule has 4 heteroatoms. The van der Waals surface area contributed by atoms with Gasteiger partial charge < -0.3 is 10.0 Å². The average Bonchev–Trinajstić information content (AvgIpc) is 3.18. The molecule has 0 spiro atoms. The van der Waals surface area contributed by atoms with Gasteiger partial charge in [-0.15, -0.1) is 11.3 Å². The van der Waals surface area contributed by atoms with Crippen molar-refractivity contribution < 1.29 is 5.11 Å². The third kappa shape index (κ3) is 4.63. The summed E-state index contributed by atoms with van der Waals surface area (Å²) in [5.41, 5.74) is 2.27. The second kappa shape index (κ2) is 8.04. The molecule has 1 fully saturated rings. The van der Waals surface area contributed by atoms with Gasteiger partial charge in [0.2, 0.25) is 0 Å². The molecule has 2 aromatic rings. The van der Waals surface area contributed by atoms with Gasteiger partial charge in [0.1, 0.15) is 0 Å². The lowest BCUT2D eigenvalue weighted by Gasteiger charge is -2.26. The molecule has 3 rings (SSSR count). The van der Waals surface area contributed by atoms with Crippen molar-refractivity contribution in [1.29, 1.82) is 0 Å². The summed E-state index contributed by atoms with van der Waals surface area (Å²) < 4.78 is 0. The van der Waals surface area contributed by atoms with Gasteiger partial charge in [-0.1, -0.05) is 30.3 Å². The van der Waals surface area contributed by atoms with E-state index in [2.05, 4.69) is 22.2 Å². The van der Waals surface area contributed by atoms with Crippen LogP contribution in [0.4, 0.5) is 0 Å². The first kappa shape index (κ1) is 16.6. The Balaban J connectivity index is 1.47. The first-order chi connectivity index (χ1) is 11.2. The molecule has 1 aliphatic heterocycles. The summed E-state index contributed by atoms with van der Waals surface area (Å²) in [7, 11) is 0. The predicted octanol–water partition coefficient (Wildman–Crippen LogP) is 3.97. The van der Waals surface area contributed by atoms with E-state index in [1.54, 1.807) is 11.3 Å². The van der Waals surface area contributed by atoms with Crippen LogP contribution < -0.4 is 0 Å². The Bertz CT molecular complexity index is 598. The van der Waals surface area contributed by atoms with Crippen molar-refractivity contribution in [3.8, 4) is 0 Å². The Hall–Kier alpha value is -1.23. The largest absolute Gasteiger partial charge is 0.388 e. The highest BCUT2D eigenvalue weighted by molar-refractivity contribution is 7.09. The number of benzene rings is 1. The summed E-state index contributed by atoms with van der Waals surface area (Å²) in [5.74, 6) is 0. The third-order valence-electron chi connectivity index (χ3n) is 4.72. The van der Waals surface area contributed by atoms with Crippen LogP contribution >= 0.6 is 11.3 Å². The SMILES string of the molecule is Cc1nc(CCCN2CCCC2CC(O)c2ccccc2)cs1. The number of rotatable bonds is 7. The fourth-order valence-corrected chi connectivity index (χ4v) is 4.16. The lowest BCUT2D eigenvalue weighted by molar-refractivity contribution is 0.120. The second-order valence-corrected chi connectivity index (χ2v) is 7.52. The van der Waals surface area contributed by atoms with E-state index < -0.39 is 0 Å². The molecule has 0 aliphatic carbocycles. The summed E-state index contributed by atoms with van der Waals surface area (Å²) in [4.78, 5) is 7.10. The Labute approximate surface area is 143 Å². The first-order valence-electron chi connectivity index (χ1n) is 8.60. The molecule has 0 amide bonds. The molecule has 0 saturated carbocycles. The molecule has 23 heavy (non-hydrogen) atoms. The molecular formula is C19H26N2OS. The molecule has 2 heterocycles. The molecule has 3 nitrogen and oxygen atoms in total. The molecule has 0 bridgehead atoms. The highest BCUT2D eigenvalue weighted by Gasteiger charge is 2.26. The number of aromatic nitrogens is 1. The average molecular weight is 330 g/mol. The van der Waals surface area contributed by atoms with Crippen molar-refractivity contribution in [2.24, 2.45) is 0 Å². The molecule has 124 valence electrons. The molecule has 1 aliphatic rings. The fourth-order valence-electron chi connectivity index (χ4n) is 3.51. The van der Waals surface area contributed by atoms with Crippen molar-refractivity contribution in [2.75, 3.05) is 13.1 Å². The van der Waals surface area contributed by atoms with Gasteiger partial charge in [-0.05, 0) is 57.7 Å². The quantitative estimate of drug-likeness (QED) is 0.834. The van der Waals surface area contributed by atoms with Gasteiger partial charge in [0, 0.05) is 11.4 Å². The van der Waals surface area contributed by atoms with Gasteiger partial charge in [-0.3, -0.25) is 0 Å². The lowest BCUT2D eigenvalue weighted by Crippen LogP contribution is -2.32. The topological polar surface area (TPSA) is 36.4 Å². The second-order valence-electron chi connectivity index (χ2n) is 6.46. The monoisotopic (exact) mass is 330 g/mol. The number of likely N-dealkylation sites (tertiary alicyclic amines) is 1. The molecule has 2 unspecified atom stereocenters. The highest BCUT2D eigenvalue weighted by atomic mass is 32.1. The van der Waals surface area contributed by atoms with Crippen LogP contribution in [0.1, 0.15) is 48.1 Å². The number of aliphatic hydroxyl groups excluding tert-OH is 1. The van der Waals surface area contributed by atoms with E-state index in [4.69, 9.17) is 0 Å². The van der Waals surface area contributed by atoms with Crippen molar-refractivity contribution in [2.45, 2.75) is 51.2 Å². The van der Waals surface area contributed by atoms with Crippen molar-refractivity contribution in [3.63, 3.8) is 0 Å². The van der Waals surface area contributed by atoms with Crippen LogP contribution in [0.2, 0.25) is 0 Å². The van der Waals surface area contributed by atoms with E-state index in [0.29, 0.717) is 6.04 Å².